The van der Waals surface area contributed by atoms with Crippen LogP contribution in [-0.2, 0) is 0 Å². The molecule has 0 fully saturated rings. The smallest absolute Gasteiger partial charge is 0.366 e. The first kappa shape index (κ1) is 16.4. The number of hydrogen-bond donors (Lipinski definition) is 0. The third-order valence-corrected chi connectivity index (χ3v) is 3.61. The van der Waals surface area contributed by atoms with Gasteiger partial charge in [0, 0.05) is 11.6 Å². The van der Waals surface area contributed by atoms with Crippen molar-refractivity contribution in [3.63, 3.8) is 0 Å². The fraction of sp³-hybridized carbons (Fsp3) is 0.105. The van der Waals surface area contributed by atoms with Gasteiger partial charge in [0.15, 0.2) is 29.2 Å². The molecule has 0 spiro atoms. The number of para-hydroxylation sites is 1. The number of aryl methyl sites for hydroxylation is 1. The minimum absolute atomic E-state index is 0.00155. The number of hydrogen-bond acceptors (Lipinski definition) is 6. The monoisotopic (exact) mass is 337 g/mol. The van der Waals surface area contributed by atoms with Gasteiger partial charge < -0.3 is 14.0 Å². The zero-order valence-electron chi connectivity index (χ0n) is 13.7. The van der Waals surface area contributed by atoms with E-state index >= 15 is 0 Å². The molecule has 0 saturated heterocycles. The Kier molecular flexibility index (Phi) is 4.61. The van der Waals surface area contributed by atoms with Gasteiger partial charge in [-0.05, 0) is 19.1 Å². The van der Waals surface area contributed by atoms with Gasteiger partial charge in [-0.3, -0.25) is 4.79 Å². The highest BCUT2D eigenvalue weighted by molar-refractivity contribution is 5.92. The van der Waals surface area contributed by atoms with Crippen molar-refractivity contribution in [2.24, 2.45) is 0 Å². The van der Waals surface area contributed by atoms with E-state index in [4.69, 9.17) is 14.0 Å². The maximum atomic E-state index is 12.3. The Morgan fingerprint density at radius 1 is 1.16 bits per heavy atom. The van der Waals surface area contributed by atoms with Gasteiger partial charge in [0.1, 0.15) is 0 Å². The summed E-state index contributed by atoms with van der Waals surface area (Å²) in [5, 5.41) is 3.74. The van der Waals surface area contributed by atoms with Crippen molar-refractivity contribution < 1.29 is 23.6 Å². The number of methoxy groups -OCH3 is 1. The fourth-order valence-corrected chi connectivity index (χ4v) is 2.27. The fourth-order valence-electron chi connectivity index (χ4n) is 2.27. The van der Waals surface area contributed by atoms with Crippen LogP contribution >= 0.6 is 0 Å². The highest BCUT2D eigenvalue weighted by atomic mass is 16.6. The lowest BCUT2D eigenvalue weighted by Crippen LogP contribution is -2.11. The molecule has 0 saturated carbocycles. The van der Waals surface area contributed by atoms with Crippen molar-refractivity contribution >= 4 is 12.3 Å². The van der Waals surface area contributed by atoms with E-state index in [1.807, 2.05) is 31.2 Å². The Morgan fingerprint density at radius 3 is 2.60 bits per heavy atom. The molecule has 0 radical (unpaired) electrons. The van der Waals surface area contributed by atoms with Gasteiger partial charge in [0.05, 0.1) is 12.7 Å². The van der Waals surface area contributed by atoms with E-state index in [-0.39, 0.29) is 22.8 Å². The Morgan fingerprint density at radius 2 is 1.92 bits per heavy atom. The first-order chi connectivity index (χ1) is 12.1. The molecule has 25 heavy (non-hydrogen) atoms. The molecule has 0 amide bonds. The lowest BCUT2D eigenvalue weighted by Gasteiger charge is -2.09. The Bertz CT molecular complexity index is 912. The van der Waals surface area contributed by atoms with Crippen LogP contribution < -0.4 is 9.47 Å². The summed E-state index contributed by atoms with van der Waals surface area (Å²) in [6.07, 6.45) is 0.589. The predicted octanol–water partition coefficient (Wildman–Crippen LogP) is 3.69. The van der Waals surface area contributed by atoms with Crippen LogP contribution in [0, 0.1) is 6.92 Å². The number of esters is 1. The Hall–Kier alpha value is -3.41. The molecular formula is C19H15NO5. The van der Waals surface area contributed by atoms with Crippen molar-refractivity contribution in [2.45, 2.75) is 6.92 Å². The molecular weight excluding hydrogens is 322 g/mol. The largest absolute Gasteiger partial charge is 0.493 e. The van der Waals surface area contributed by atoms with Crippen molar-refractivity contribution in [2.75, 3.05) is 7.11 Å². The third kappa shape index (κ3) is 3.42. The summed E-state index contributed by atoms with van der Waals surface area (Å²) in [6, 6.07) is 13.8. The molecule has 0 aliphatic heterocycles. The molecule has 1 aromatic heterocycles. The maximum Gasteiger partial charge on any atom is 0.366 e. The maximum absolute atomic E-state index is 12.3. The normalized spacial score (nSPS) is 10.3. The molecule has 0 bridgehead atoms. The van der Waals surface area contributed by atoms with Gasteiger partial charge >= 0.3 is 5.97 Å². The highest BCUT2D eigenvalue weighted by Gasteiger charge is 2.20. The van der Waals surface area contributed by atoms with Crippen LogP contribution in [-0.4, -0.2) is 24.5 Å². The first-order valence-corrected chi connectivity index (χ1v) is 7.50. The van der Waals surface area contributed by atoms with E-state index in [1.54, 1.807) is 12.1 Å². The molecule has 1 heterocycles. The summed E-state index contributed by atoms with van der Waals surface area (Å²) >= 11 is 0. The molecule has 3 rings (SSSR count). The zero-order valence-corrected chi connectivity index (χ0v) is 13.7. The number of carbonyl (C=O) groups excluding carboxylic acids is 2. The average Bonchev–Trinajstić information content (AvgIpc) is 3.12. The lowest BCUT2D eigenvalue weighted by molar-refractivity contribution is 0.0717. The molecule has 6 nitrogen and oxygen atoms in total. The first-order valence-electron chi connectivity index (χ1n) is 7.50. The number of ether oxygens (including phenoxy) is 2. The second-order valence-electron chi connectivity index (χ2n) is 5.33. The number of aromatic nitrogens is 1. The van der Waals surface area contributed by atoms with Crippen LogP contribution in [0.5, 0.6) is 11.5 Å². The van der Waals surface area contributed by atoms with E-state index in [0.29, 0.717) is 12.0 Å². The van der Waals surface area contributed by atoms with Crippen LogP contribution in [0.1, 0.15) is 26.4 Å². The molecule has 0 unspecified atom stereocenters. The SMILES string of the molecule is COc1cccc(C=O)c1OC(=O)c1cc(-c2ccc(C)cc2)on1. The van der Waals surface area contributed by atoms with E-state index in [2.05, 4.69) is 5.16 Å². The third-order valence-electron chi connectivity index (χ3n) is 3.61. The topological polar surface area (TPSA) is 78.6 Å². The Balaban J connectivity index is 1.86. The molecule has 0 atom stereocenters. The minimum atomic E-state index is -0.741. The van der Waals surface area contributed by atoms with Gasteiger partial charge in [-0.15, -0.1) is 0 Å². The van der Waals surface area contributed by atoms with Gasteiger partial charge in [-0.1, -0.05) is 41.1 Å². The second kappa shape index (κ2) is 7.00. The van der Waals surface area contributed by atoms with Gasteiger partial charge in [0.25, 0.3) is 0 Å². The molecule has 3 aromatic rings. The number of benzene rings is 2. The molecule has 0 aliphatic rings. The molecule has 2 aromatic carbocycles. The molecule has 6 heteroatoms. The summed E-state index contributed by atoms with van der Waals surface area (Å²) in [4.78, 5) is 23.5. The standard InChI is InChI=1S/C19H15NO5/c1-12-6-8-13(9-7-12)17-10-15(20-25-17)19(22)24-18-14(11-21)4-3-5-16(18)23-2/h3-11H,1-2H3. The van der Waals surface area contributed by atoms with Crippen LogP contribution in [0.4, 0.5) is 0 Å². The Labute approximate surface area is 144 Å². The summed E-state index contributed by atoms with van der Waals surface area (Å²) in [7, 11) is 1.42. The van der Waals surface area contributed by atoms with Gasteiger partial charge in [-0.25, -0.2) is 4.79 Å². The second-order valence-corrected chi connectivity index (χ2v) is 5.33. The van der Waals surface area contributed by atoms with E-state index < -0.39 is 5.97 Å². The van der Waals surface area contributed by atoms with Crippen LogP contribution in [0.25, 0.3) is 11.3 Å². The van der Waals surface area contributed by atoms with Gasteiger partial charge in [0.2, 0.25) is 0 Å². The average molecular weight is 337 g/mol. The van der Waals surface area contributed by atoms with Crippen molar-refractivity contribution in [1.82, 2.24) is 5.16 Å². The summed E-state index contributed by atoms with van der Waals surface area (Å²) < 4.78 is 15.6. The number of rotatable bonds is 5. The number of aldehydes is 1. The van der Waals surface area contributed by atoms with Crippen LogP contribution in [0.15, 0.2) is 53.1 Å². The van der Waals surface area contributed by atoms with Crippen LogP contribution in [0.2, 0.25) is 0 Å². The molecule has 0 aliphatic carbocycles. The molecule has 0 N–H and O–H groups in total. The van der Waals surface area contributed by atoms with Crippen molar-refractivity contribution in [1.29, 1.82) is 0 Å². The van der Waals surface area contributed by atoms with E-state index in [1.165, 1.54) is 19.2 Å². The van der Waals surface area contributed by atoms with Gasteiger partial charge in [-0.2, -0.15) is 0 Å². The summed E-state index contributed by atoms with van der Waals surface area (Å²) in [5.41, 5.74) is 2.11. The highest BCUT2D eigenvalue weighted by Crippen LogP contribution is 2.31. The van der Waals surface area contributed by atoms with Crippen molar-refractivity contribution in [3.05, 3.63) is 65.4 Å². The number of nitrogens with zero attached hydrogens (tertiary/aromatic N) is 1. The zero-order chi connectivity index (χ0) is 17.8. The lowest BCUT2D eigenvalue weighted by atomic mass is 10.1. The predicted molar refractivity (Wildman–Crippen MR) is 90.0 cm³/mol. The van der Waals surface area contributed by atoms with E-state index in [0.717, 1.165) is 11.1 Å². The van der Waals surface area contributed by atoms with Crippen molar-refractivity contribution in [3.8, 4) is 22.8 Å². The summed E-state index contributed by atoms with van der Waals surface area (Å²) in [5.74, 6) is 0.0300. The number of carbonyl (C=O) groups is 2. The van der Waals surface area contributed by atoms with Crippen LogP contribution in [0.3, 0.4) is 0 Å². The van der Waals surface area contributed by atoms with E-state index in [9.17, 15) is 9.59 Å². The quantitative estimate of drug-likeness (QED) is 0.401. The minimum Gasteiger partial charge on any atom is -0.493 e. The summed E-state index contributed by atoms with van der Waals surface area (Å²) in [6.45, 7) is 1.98. The molecule has 126 valence electrons.